The largest absolute Gasteiger partial charge is 0.365 e. The van der Waals surface area contributed by atoms with E-state index < -0.39 is 6.10 Å². The fourth-order valence-electron chi connectivity index (χ4n) is 1.70. The van der Waals surface area contributed by atoms with Crippen molar-refractivity contribution in [2.24, 2.45) is 7.05 Å². The number of aryl methyl sites for hydroxylation is 1. The Kier molecular flexibility index (Phi) is 5.22. The molecule has 1 amide bonds. The molecular formula is C13H17N5O2S2. The minimum atomic E-state index is -0.577. The molecule has 2 heterocycles. The summed E-state index contributed by atoms with van der Waals surface area (Å²) >= 11 is 6.44. The Bertz CT molecular complexity index is 746. The first-order valence-electron chi connectivity index (χ1n) is 6.56. The van der Waals surface area contributed by atoms with Crippen LogP contribution in [0, 0.1) is 11.7 Å². The monoisotopic (exact) mass is 339 g/mol. The van der Waals surface area contributed by atoms with Gasteiger partial charge in [0.2, 0.25) is 0 Å². The van der Waals surface area contributed by atoms with Gasteiger partial charge in [0.1, 0.15) is 6.10 Å². The number of amides is 1. The van der Waals surface area contributed by atoms with Crippen LogP contribution >= 0.6 is 23.6 Å². The SMILES string of the molecule is C=CCOC(C)C(=O)Nc1nc(C)c(-c2n[nH]c(=S)n2C)s1. The molecule has 118 valence electrons. The smallest absolute Gasteiger partial charge is 0.255 e. The molecule has 9 heteroatoms. The number of thiazole rings is 1. The summed E-state index contributed by atoms with van der Waals surface area (Å²) in [6.07, 6.45) is 1.02. The van der Waals surface area contributed by atoms with Crippen LogP contribution in [0.2, 0.25) is 0 Å². The van der Waals surface area contributed by atoms with Crippen molar-refractivity contribution in [2.75, 3.05) is 11.9 Å². The van der Waals surface area contributed by atoms with Gasteiger partial charge >= 0.3 is 0 Å². The lowest BCUT2D eigenvalue weighted by atomic mass is 10.4. The molecule has 0 aliphatic carbocycles. The first-order valence-corrected chi connectivity index (χ1v) is 7.79. The molecule has 0 spiro atoms. The van der Waals surface area contributed by atoms with E-state index in [4.69, 9.17) is 17.0 Å². The second kappa shape index (κ2) is 6.95. The topological polar surface area (TPSA) is 84.8 Å². The van der Waals surface area contributed by atoms with Gasteiger partial charge in [0.15, 0.2) is 15.7 Å². The second-order valence-electron chi connectivity index (χ2n) is 4.60. The lowest BCUT2D eigenvalue weighted by Gasteiger charge is -2.10. The van der Waals surface area contributed by atoms with Gasteiger partial charge in [-0.15, -0.1) is 6.58 Å². The average molecular weight is 339 g/mol. The van der Waals surface area contributed by atoms with E-state index in [1.807, 2.05) is 14.0 Å². The molecule has 0 aromatic carbocycles. The van der Waals surface area contributed by atoms with E-state index in [-0.39, 0.29) is 5.91 Å². The standard InChI is InChI=1S/C13H17N5O2S2/c1-5-6-20-8(3)11(19)15-12-14-7(2)9(22-12)10-16-17-13(21)18(10)4/h5,8H,1,6H2,2-4H3,(H,17,21)(H,14,15,19). The first-order chi connectivity index (χ1) is 10.4. The number of nitrogens with zero attached hydrogens (tertiary/aromatic N) is 3. The summed E-state index contributed by atoms with van der Waals surface area (Å²) < 4.78 is 7.57. The van der Waals surface area contributed by atoms with Crippen molar-refractivity contribution in [2.45, 2.75) is 20.0 Å². The number of nitrogens with one attached hydrogen (secondary N) is 2. The van der Waals surface area contributed by atoms with Crippen LogP contribution in [0.1, 0.15) is 12.6 Å². The van der Waals surface area contributed by atoms with Crippen LogP contribution in [0.5, 0.6) is 0 Å². The Balaban J connectivity index is 2.16. The Labute approximate surface area is 137 Å². The number of hydrogen-bond donors (Lipinski definition) is 2. The molecular weight excluding hydrogens is 322 g/mol. The van der Waals surface area contributed by atoms with Crippen LogP contribution in [0.25, 0.3) is 10.7 Å². The summed E-state index contributed by atoms with van der Waals surface area (Å²) in [5.74, 6) is 0.439. The molecule has 0 radical (unpaired) electrons. The van der Waals surface area contributed by atoms with Gasteiger partial charge in [0.25, 0.3) is 5.91 Å². The van der Waals surface area contributed by atoms with Gasteiger partial charge in [0, 0.05) is 7.05 Å². The highest BCUT2D eigenvalue weighted by Crippen LogP contribution is 2.31. The van der Waals surface area contributed by atoms with Crippen molar-refractivity contribution in [3.8, 4) is 10.7 Å². The molecule has 1 unspecified atom stereocenters. The molecule has 2 aromatic rings. The van der Waals surface area contributed by atoms with Crippen LogP contribution in [-0.2, 0) is 16.6 Å². The lowest BCUT2D eigenvalue weighted by Crippen LogP contribution is -2.27. The minimum Gasteiger partial charge on any atom is -0.365 e. The predicted octanol–water partition coefficient (Wildman–Crippen LogP) is 2.44. The zero-order valence-electron chi connectivity index (χ0n) is 12.5. The van der Waals surface area contributed by atoms with Crippen LogP contribution in [-0.4, -0.2) is 38.4 Å². The molecule has 0 saturated heterocycles. The fourth-order valence-corrected chi connectivity index (χ4v) is 2.83. The lowest BCUT2D eigenvalue weighted by molar-refractivity contribution is -0.125. The van der Waals surface area contributed by atoms with Gasteiger partial charge in [-0.25, -0.2) is 4.98 Å². The maximum atomic E-state index is 12.0. The molecule has 22 heavy (non-hydrogen) atoms. The first kappa shape index (κ1) is 16.5. The normalized spacial score (nSPS) is 12.1. The summed E-state index contributed by atoms with van der Waals surface area (Å²) in [5, 5.41) is 10.2. The molecule has 0 aliphatic heterocycles. The van der Waals surface area contributed by atoms with Crippen molar-refractivity contribution >= 4 is 34.6 Å². The Morgan fingerprint density at radius 1 is 1.68 bits per heavy atom. The maximum Gasteiger partial charge on any atom is 0.255 e. The van der Waals surface area contributed by atoms with Gasteiger partial charge in [0.05, 0.1) is 17.2 Å². The van der Waals surface area contributed by atoms with Crippen molar-refractivity contribution in [3.05, 3.63) is 23.1 Å². The molecule has 0 fully saturated rings. The molecule has 0 aliphatic rings. The third-order valence-electron chi connectivity index (χ3n) is 2.94. The number of carbonyl (C=O) groups is 1. The number of H-pyrrole nitrogens is 1. The molecule has 7 nitrogen and oxygen atoms in total. The fraction of sp³-hybridized carbons (Fsp3) is 0.385. The van der Waals surface area contributed by atoms with E-state index in [1.54, 1.807) is 17.6 Å². The quantitative estimate of drug-likeness (QED) is 0.624. The Morgan fingerprint density at radius 2 is 2.41 bits per heavy atom. The average Bonchev–Trinajstić information content (AvgIpc) is 3.00. The number of anilines is 1. The van der Waals surface area contributed by atoms with Crippen LogP contribution in [0.4, 0.5) is 5.13 Å². The third-order valence-corrected chi connectivity index (χ3v) is 4.38. The second-order valence-corrected chi connectivity index (χ2v) is 5.98. The van der Waals surface area contributed by atoms with Gasteiger partial charge in [-0.3, -0.25) is 15.2 Å². The van der Waals surface area contributed by atoms with E-state index in [0.29, 0.717) is 22.3 Å². The van der Waals surface area contributed by atoms with E-state index in [9.17, 15) is 4.79 Å². The maximum absolute atomic E-state index is 12.0. The molecule has 0 saturated carbocycles. The summed E-state index contributed by atoms with van der Waals surface area (Å²) in [6.45, 7) is 7.40. The predicted molar refractivity (Wildman–Crippen MR) is 88.5 cm³/mol. The van der Waals surface area contributed by atoms with Gasteiger partial charge in [-0.05, 0) is 26.1 Å². The molecule has 2 rings (SSSR count). The van der Waals surface area contributed by atoms with Crippen molar-refractivity contribution < 1.29 is 9.53 Å². The van der Waals surface area contributed by atoms with Gasteiger partial charge < -0.3 is 9.30 Å². The summed E-state index contributed by atoms with van der Waals surface area (Å²) in [6, 6.07) is 0. The number of aromatic nitrogens is 4. The number of hydrogen-bond acceptors (Lipinski definition) is 6. The van der Waals surface area contributed by atoms with Gasteiger partial charge in [-0.1, -0.05) is 17.4 Å². The Hall–Kier alpha value is -1.84. The zero-order chi connectivity index (χ0) is 16.3. The van der Waals surface area contributed by atoms with E-state index in [2.05, 4.69) is 27.1 Å². The number of aromatic amines is 1. The van der Waals surface area contributed by atoms with E-state index >= 15 is 0 Å². The molecule has 2 N–H and O–H groups in total. The number of carbonyl (C=O) groups excluding carboxylic acids is 1. The highest BCUT2D eigenvalue weighted by molar-refractivity contribution is 7.71. The van der Waals surface area contributed by atoms with Gasteiger partial charge in [-0.2, -0.15) is 5.10 Å². The summed E-state index contributed by atoms with van der Waals surface area (Å²) in [7, 11) is 1.82. The third kappa shape index (κ3) is 3.49. The summed E-state index contributed by atoms with van der Waals surface area (Å²) in [5.41, 5.74) is 0.775. The Morgan fingerprint density at radius 3 is 3.00 bits per heavy atom. The minimum absolute atomic E-state index is 0.252. The van der Waals surface area contributed by atoms with Crippen molar-refractivity contribution in [1.29, 1.82) is 0 Å². The van der Waals surface area contributed by atoms with Crippen molar-refractivity contribution in [3.63, 3.8) is 0 Å². The zero-order valence-corrected chi connectivity index (χ0v) is 14.2. The van der Waals surface area contributed by atoms with E-state index in [1.165, 1.54) is 11.3 Å². The molecule has 2 aromatic heterocycles. The van der Waals surface area contributed by atoms with Crippen LogP contribution in [0.3, 0.4) is 0 Å². The van der Waals surface area contributed by atoms with Crippen molar-refractivity contribution in [1.82, 2.24) is 19.7 Å². The number of rotatable bonds is 6. The number of ether oxygens (including phenoxy) is 1. The molecule has 1 atom stereocenters. The van der Waals surface area contributed by atoms with Crippen LogP contribution < -0.4 is 5.32 Å². The van der Waals surface area contributed by atoms with Crippen LogP contribution in [0.15, 0.2) is 12.7 Å². The highest BCUT2D eigenvalue weighted by Gasteiger charge is 2.18. The highest BCUT2D eigenvalue weighted by atomic mass is 32.1. The molecule has 0 bridgehead atoms. The summed E-state index contributed by atoms with van der Waals surface area (Å²) in [4.78, 5) is 17.2. The van der Waals surface area contributed by atoms with E-state index in [0.717, 1.165) is 10.6 Å².